The summed E-state index contributed by atoms with van der Waals surface area (Å²) in [6.45, 7) is 0.391. The molecule has 0 aliphatic carbocycles. The van der Waals surface area contributed by atoms with Gasteiger partial charge in [0.2, 0.25) is 0 Å². The van der Waals surface area contributed by atoms with Crippen molar-refractivity contribution in [1.82, 2.24) is 24.4 Å². The lowest BCUT2D eigenvalue weighted by atomic mass is 10.1. The molecule has 4 rings (SSSR count). The second-order valence-corrected chi connectivity index (χ2v) is 5.77. The first-order chi connectivity index (χ1) is 12.8. The minimum atomic E-state index is -0.138. The number of benzene rings is 1. The summed E-state index contributed by atoms with van der Waals surface area (Å²) in [7, 11) is 0. The van der Waals surface area contributed by atoms with Gasteiger partial charge in [-0.15, -0.1) is 0 Å². The molecule has 128 valence electrons. The number of carbonyl (C=O) groups is 1. The van der Waals surface area contributed by atoms with E-state index in [2.05, 4.69) is 15.3 Å². The zero-order valence-electron chi connectivity index (χ0n) is 14.0. The standard InChI is InChI=1S/C20H17N5O/c26-20(23-14-17-5-1-2-8-22-17)16-6-7-18(25-12-9-21-15-25)19(13-16)24-10-3-4-11-24/h1-13,15H,14H2,(H,23,26). The fourth-order valence-corrected chi connectivity index (χ4v) is 2.76. The van der Waals surface area contributed by atoms with Gasteiger partial charge in [0.1, 0.15) is 0 Å². The van der Waals surface area contributed by atoms with Crippen molar-refractivity contribution in [2.45, 2.75) is 6.54 Å². The average Bonchev–Trinajstić information content (AvgIpc) is 3.40. The Morgan fingerprint density at radius 3 is 2.54 bits per heavy atom. The fourth-order valence-electron chi connectivity index (χ4n) is 2.76. The lowest BCUT2D eigenvalue weighted by molar-refractivity contribution is 0.0950. The number of hydrogen-bond acceptors (Lipinski definition) is 3. The molecule has 0 radical (unpaired) electrons. The number of nitrogens with zero attached hydrogens (tertiary/aromatic N) is 4. The van der Waals surface area contributed by atoms with Gasteiger partial charge >= 0.3 is 0 Å². The topological polar surface area (TPSA) is 64.7 Å². The van der Waals surface area contributed by atoms with E-state index < -0.39 is 0 Å². The Labute approximate surface area is 150 Å². The molecule has 0 aliphatic rings. The second kappa shape index (κ2) is 7.06. The molecule has 0 saturated carbocycles. The number of rotatable bonds is 5. The molecule has 26 heavy (non-hydrogen) atoms. The normalized spacial score (nSPS) is 10.6. The molecule has 0 spiro atoms. The van der Waals surface area contributed by atoms with E-state index in [9.17, 15) is 4.79 Å². The first kappa shape index (κ1) is 15.8. The number of imidazole rings is 1. The van der Waals surface area contributed by atoms with Crippen LogP contribution in [0.15, 0.2) is 85.8 Å². The zero-order valence-corrected chi connectivity index (χ0v) is 14.0. The summed E-state index contributed by atoms with van der Waals surface area (Å²) in [5.41, 5.74) is 3.26. The molecule has 3 heterocycles. The van der Waals surface area contributed by atoms with Crippen LogP contribution in [0.5, 0.6) is 0 Å². The third kappa shape index (κ3) is 3.25. The minimum Gasteiger partial charge on any atom is -0.346 e. The van der Waals surface area contributed by atoms with Gasteiger partial charge in [-0.1, -0.05) is 6.07 Å². The molecule has 0 saturated heterocycles. The Hall–Kier alpha value is -3.67. The predicted molar refractivity (Wildman–Crippen MR) is 98.3 cm³/mol. The molecule has 0 fully saturated rings. The Balaban J connectivity index is 1.63. The Kier molecular flexibility index (Phi) is 4.30. The monoisotopic (exact) mass is 343 g/mol. The molecule has 0 bridgehead atoms. The van der Waals surface area contributed by atoms with Crippen LogP contribution in [-0.4, -0.2) is 25.0 Å². The SMILES string of the molecule is O=C(NCc1ccccn1)c1ccc(-n2ccnc2)c(-n2cccc2)c1. The van der Waals surface area contributed by atoms with Gasteiger partial charge in [0, 0.05) is 36.5 Å². The smallest absolute Gasteiger partial charge is 0.251 e. The van der Waals surface area contributed by atoms with Crippen LogP contribution in [0.2, 0.25) is 0 Å². The minimum absolute atomic E-state index is 0.138. The largest absolute Gasteiger partial charge is 0.346 e. The lowest BCUT2D eigenvalue weighted by Gasteiger charge is -2.13. The summed E-state index contributed by atoms with van der Waals surface area (Å²) in [5, 5.41) is 2.91. The molecule has 0 aliphatic heterocycles. The first-order valence-corrected chi connectivity index (χ1v) is 8.25. The van der Waals surface area contributed by atoms with Crippen LogP contribution in [0.25, 0.3) is 11.4 Å². The van der Waals surface area contributed by atoms with E-state index in [0.29, 0.717) is 12.1 Å². The van der Waals surface area contributed by atoms with Crippen LogP contribution in [0.1, 0.15) is 16.1 Å². The highest BCUT2D eigenvalue weighted by atomic mass is 16.1. The Morgan fingerprint density at radius 2 is 1.81 bits per heavy atom. The highest BCUT2D eigenvalue weighted by Crippen LogP contribution is 2.21. The third-order valence-electron chi connectivity index (χ3n) is 4.06. The van der Waals surface area contributed by atoms with E-state index in [1.807, 2.05) is 76.3 Å². The van der Waals surface area contributed by atoms with Gasteiger partial charge in [0.05, 0.1) is 29.9 Å². The molecule has 0 unspecified atom stereocenters. The lowest BCUT2D eigenvalue weighted by Crippen LogP contribution is -2.23. The van der Waals surface area contributed by atoms with Crippen LogP contribution < -0.4 is 5.32 Å². The highest BCUT2D eigenvalue weighted by molar-refractivity contribution is 5.95. The Bertz CT molecular complexity index is 992. The van der Waals surface area contributed by atoms with Gasteiger partial charge in [0.15, 0.2) is 0 Å². The van der Waals surface area contributed by atoms with Gasteiger partial charge in [0.25, 0.3) is 5.91 Å². The van der Waals surface area contributed by atoms with Crippen molar-refractivity contribution >= 4 is 5.91 Å². The number of carbonyl (C=O) groups excluding carboxylic acids is 1. The van der Waals surface area contributed by atoms with Crippen molar-refractivity contribution in [2.75, 3.05) is 0 Å². The average molecular weight is 343 g/mol. The maximum absolute atomic E-state index is 12.6. The molecule has 6 nitrogen and oxygen atoms in total. The van der Waals surface area contributed by atoms with Gasteiger partial charge in [-0.2, -0.15) is 0 Å². The zero-order chi connectivity index (χ0) is 17.8. The molecular weight excluding hydrogens is 326 g/mol. The van der Waals surface area contributed by atoms with Crippen molar-refractivity contribution in [1.29, 1.82) is 0 Å². The maximum Gasteiger partial charge on any atom is 0.251 e. The number of pyridine rings is 1. The number of hydrogen-bond donors (Lipinski definition) is 1. The molecule has 0 atom stereocenters. The predicted octanol–water partition coefficient (Wildman–Crippen LogP) is 2.99. The summed E-state index contributed by atoms with van der Waals surface area (Å²) in [5.74, 6) is -0.138. The van der Waals surface area contributed by atoms with Crippen LogP contribution in [-0.2, 0) is 6.54 Å². The van der Waals surface area contributed by atoms with Gasteiger partial charge < -0.3 is 14.5 Å². The molecule has 6 heteroatoms. The van der Waals surface area contributed by atoms with Crippen LogP contribution in [0, 0.1) is 0 Å². The molecule has 1 aromatic carbocycles. The molecule has 3 aromatic heterocycles. The summed E-state index contributed by atoms with van der Waals surface area (Å²) >= 11 is 0. The molecule has 4 aromatic rings. The fraction of sp³-hybridized carbons (Fsp3) is 0.0500. The van der Waals surface area contributed by atoms with E-state index in [-0.39, 0.29) is 5.91 Å². The van der Waals surface area contributed by atoms with Crippen molar-refractivity contribution in [3.63, 3.8) is 0 Å². The van der Waals surface area contributed by atoms with Crippen LogP contribution >= 0.6 is 0 Å². The van der Waals surface area contributed by atoms with Crippen molar-refractivity contribution in [3.8, 4) is 11.4 Å². The van der Waals surface area contributed by atoms with Crippen molar-refractivity contribution < 1.29 is 4.79 Å². The number of nitrogens with one attached hydrogen (secondary N) is 1. The van der Waals surface area contributed by atoms with E-state index >= 15 is 0 Å². The number of aromatic nitrogens is 4. The van der Waals surface area contributed by atoms with Crippen LogP contribution in [0.3, 0.4) is 0 Å². The molecule has 1 amide bonds. The molecular formula is C20H17N5O. The summed E-state index contributed by atoms with van der Waals surface area (Å²) in [6.07, 6.45) is 11.0. The van der Waals surface area contributed by atoms with E-state index in [1.54, 1.807) is 18.7 Å². The Morgan fingerprint density at radius 1 is 0.923 bits per heavy atom. The highest BCUT2D eigenvalue weighted by Gasteiger charge is 2.12. The van der Waals surface area contributed by atoms with E-state index in [0.717, 1.165) is 17.1 Å². The quantitative estimate of drug-likeness (QED) is 0.606. The van der Waals surface area contributed by atoms with Crippen molar-refractivity contribution in [2.24, 2.45) is 0 Å². The molecule has 1 N–H and O–H groups in total. The van der Waals surface area contributed by atoms with E-state index in [1.165, 1.54) is 0 Å². The van der Waals surface area contributed by atoms with Gasteiger partial charge in [-0.25, -0.2) is 4.98 Å². The number of amides is 1. The maximum atomic E-state index is 12.6. The summed E-state index contributed by atoms with van der Waals surface area (Å²) in [4.78, 5) is 20.9. The van der Waals surface area contributed by atoms with Gasteiger partial charge in [-0.3, -0.25) is 9.78 Å². The van der Waals surface area contributed by atoms with Gasteiger partial charge in [-0.05, 0) is 42.5 Å². The second-order valence-electron chi connectivity index (χ2n) is 5.77. The summed E-state index contributed by atoms with van der Waals surface area (Å²) < 4.78 is 3.90. The van der Waals surface area contributed by atoms with E-state index in [4.69, 9.17) is 0 Å². The van der Waals surface area contributed by atoms with Crippen molar-refractivity contribution in [3.05, 3.63) is 97.1 Å². The third-order valence-corrected chi connectivity index (χ3v) is 4.06. The summed E-state index contributed by atoms with van der Waals surface area (Å²) in [6, 6.07) is 15.2. The first-order valence-electron chi connectivity index (χ1n) is 8.25. The van der Waals surface area contributed by atoms with Crippen LogP contribution in [0.4, 0.5) is 0 Å².